The number of carbonyl (C=O) groups is 1. The average molecular weight is 473 g/mol. The molecular formula is C22H28N6O4S. The second-order valence-corrected chi connectivity index (χ2v) is 11.3. The lowest BCUT2D eigenvalue weighted by Crippen LogP contribution is -2.60. The quantitative estimate of drug-likeness (QED) is 0.553. The van der Waals surface area contributed by atoms with Gasteiger partial charge in [0.2, 0.25) is 15.9 Å². The predicted molar refractivity (Wildman–Crippen MR) is 121 cm³/mol. The Kier molecular flexibility index (Phi) is 5.48. The lowest BCUT2D eigenvalue weighted by atomic mass is 9.91. The first-order valence-corrected chi connectivity index (χ1v) is 12.7. The molecule has 5 rings (SSSR count). The van der Waals surface area contributed by atoms with Gasteiger partial charge in [-0.05, 0) is 32.6 Å². The number of rotatable bonds is 5. The van der Waals surface area contributed by atoms with Crippen LogP contribution >= 0.6 is 0 Å². The Balaban J connectivity index is 1.19. The zero-order valence-electron chi connectivity index (χ0n) is 19.1. The third-order valence-electron chi connectivity index (χ3n) is 7.00. The van der Waals surface area contributed by atoms with Crippen LogP contribution in [-0.2, 0) is 28.3 Å². The van der Waals surface area contributed by atoms with E-state index in [1.54, 1.807) is 35.4 Å². The van der Waals surface area contributed by atoms with Gasteiger partial charge in [0.05, 0.1) is 12.1 Å². The molecule has 0 atom stereocenters. The molecule has 2 fully saturated rings. The fraction of sp³-hybridized carbons (Fsp3) is 0.545. The van der Waals surface area contributed by atoms with Gasteiger partial charge < -0.3 is 14.0 Å². The van der Waals surface area contributed by atoms with Gasteiger partial charge in [-0.1, -0.05) is 5.16 Å². The third-order valence-corrected chi connectivity index (χ3v) is 9.23. The Morgan fingerprint density at radius 2 is 1.85 bits per heavy atom. The highest BCUT2D eigenvalue weighted by Gasteiger charge is 2.43. The lowest BCUT2D eigenvalue weighted by Gasteiger charge is -2.42. The molecule has 2 aliphatic heterocycles. The Morgan fingerprint density at radius 1 is 1.15 bits per heavy atom. The first-order valence-electron chi connectivity index (χ1n) is 11.2. The topological polar surface area (TPSA) is 114 Å². The van der Waals surface area contributed by atoms with Crippen LogP contribution < -0.4 is 0 Å². The van der Waals surface area contributed by atoms with Crippen LogP contribution in [0, 0.1) is 13.8 Å². The van der Waals surface area contributed by atoms with Gasteiger partial charge in [0, 0.05) is 62.9 Å². The fourth-order valence-electron chi connectivity index (χ4n) is 4.90. The summed E-state index contributed by atoms with van der Waals surface area (Å²) >= 11 is 0. The zero-order valence-corrected chi connectivity index (χ0v) is 19.9. The SMILES string of the molecule is Cc1noc(C)c1CC(=O)N1CC(S(=O)(=O)N2CCC(c3cn(C)c4nccnc34)CC2)C1. The van der Waals surface area contributed by atoms with Crippen LogP contribution in [0.3, 0.4) is 0 Å². The number of amides is 1. The summed E-state index contributed by atoms with van der Waals surface area (Å²) in [6.45, 7) is 5.02. The van der Waals surface area contributed by atoms with Crippen LogP contribution in [0.25, 0.3) is 11.2 Å². The summed E-state index contributed by atoms with van der Waals surface area (Å²) in [6.07, 6.45) is 7.12. The van der Waals surface area contributed by atoms with Gasteiger partial charge in [-0.25, -0.2) is 17.7 Å². The zero-order chi connectivity index (χ0) is 23.3. The van der Waals surface area contributed by atoms with Crippen molar-refractivity contribution in [3.63, 3.8) is 0 Å². The number of fused-ring (bicyclic) bond motifs is 1. The summed E-state index contributed by atoms with van der Waals surface area (Å²) in [6, 6.07) is 0. The first-order chi connectivity index (χ1) is 15.8. The minimum atomic E-state index is -3.44. The van der Waals surface area contributed by atoms with Crippen molar-refractivity contribution in [3.8, 4) is 0 Å². The van der Waals surface area contributed by atoms with E-state index in [-0.39, 0.29) is 31.3 Å². The normalized spacial score (nSPS) is 18.7. The Morgan fingerprint density at radius 3 is 2.52 bits per heavy atom. The molecule has 11 heteroatoms. The second kappa shape index (κ2) is 8.21. The van der Waals surface area contributed by atoms with E-state index in [4.69, 9.17) is 4.52 Å². The Hall–Kier alpha value is -2.79. The number of carbonyl (C=O) groups excluding carboxylic acids is 1. The van der Waals surface area contributed by atoms with E-state index in [0.29, 0.717) is 24.5 Å². The van der Waals surface area contributed by atoms with Gasteiger partial charge >= 0.3 is 0 Å². The molecule has 0 spiro atoms. The van der Waals surface area contributed by atoms with E-state index < -0.39 is 15.3 Å². The minimum Gasteiger partial charge on any atom is -0.361 e. The standard InChI is InChI=1S/C22H28N6O4S/c1-14-18(15(2)32-25-14)10-20(29)27-11-17(12-27)33(30,31)28-8-4-16(5-9-28)19-13-26(3)22-21(19)23-6-7-24-22/h6-7,13,16-17H,4-5,8-12H2,1-3H3. The van der Waals surface area contributed by atoms with E-state index in [0.717, 1.165) is 35.1 Å². The summed E-state index contributed by atoms with van der Waals surface area (Å²) in [4.78, 5) is 23.1. The molecule has 0 radical (unpaired) electrons. The summed E-state index contributed by atoms with van der Waals surface area (Å²) in [5, 5.41) is 3.34. The molecule has 1 amide bonds. The fourth-order valence-corrected chi connectivity index (χ4v) is 6.78. The number of hydrogen-bond acceptors (Lipinski definition) is 7. The minimum absolute atomic E-state index is 0.0911. The van der Waals surface area contributed by atoms with Crippen molar-refractivity contribution in [1.29, 1.82) is 0 Å². The van der Waals surface area contributed by atoms with Crippen molar-refractivity contribution in [1.82, 2.24) is 28.9 Å². The van der Waals surface area contributed by atoms with Crippen molar-refractivity contribution < 1.29 is 17.7 Å². The molecule has 0 saturated carbocycles. The van der Waals surface area contributed by atoms with E-state index >= 15 is 0 Å². The van der Waals surface area contributed by atoms with Crippen molar-refractivity contribution in [3.05, 3.63) is 41.2 Å². The van der Waals surface area contributed by atoms with Gasteiger partial charge in [0.1, 0.15) is 16.5 Å². The van der Waals surface area contributed by atoms with E-state index in [1.807, 2.05) is 11.6 Å². The van der Waals surface area contributed by atoms with Crippen molar-refractivity contribution >= 4 is 27.1 Å². The molecule has 33 heavy (non-hydrogen) atoms. The molecular weight excluding hydrogens is 444 g/mol. The van der Waals surface area contributed by atoms with Crippen LogP contribution in [-0.4, -0.2) is 74.7 Å². The number of aromatic nitrogens is 4. The molecule has 3 aromatic rings. The van der Waals surface area contributed by atoms with E-state index in [1.165, 1.54) is 0 Å². The number of piperidine rings is 1. The van der Waals surface area contributed by atoms with Gasteiger partial charge in [0.25, 0.3) is 0 Å². The second-order valence-electron chi connectivity index (χ2n) is 9.04. The van der Waals surface area contributed by atoms with Crippen molar-refractivity contribution in [2.45, 2.75) is 44.3 Å². The Bertz CT molecular complexity index is 1280. The summed E-state index contributed by atoms with van der Waals surface area (Å²) in [7, 11) is -1.48. The van der Waals surface area contributed by atoms with Crippen LogP contribution in [0.5, 0.6) is 0 Å². The molecule has 176 valence electrons. The van der Waals surface area contributed by atoms with Crippen molar-refractivity contribution in [2.75, 3.05) is 26.2 Å². The van der Waals surface area contributed by atoms with Crippen LogP contribution in [0.2, 0.25) is 0 Å². The van der Waals surface area contributed by atoms with Gasteiger partial charge in [0.15, 0.2) is 5.65 Å². The lowest BCUT2D eigenvalue weighted by molar-refractivity contribution is -0.133. The molecule has 10 nitrogen and oxygen atoms in total. The van der Waals surface area contributed by atoms with Crippen LogP contribution in [0.1, 0.15) is 41.3 Å². The summed E-state index contributed by atoms with van der Waals surface area (Å²) < 4.78 is 35.0. The maximum absolute atomic E-state index is 13.2. The molecule has 0 N–H and O–H groups in total. The molecule has 3 aromatic heterocycles. The molecule has 2 saturated heterocycles. The van der Waals surface area contributed by atoms with E-state index in [9.17, 15) is 13.2 Å². The van der Waals surface area contributed by atoms with E-state index in [2.05, 4.69) is 21.3 Å². The Labute approximate surface area is 192 Å². The number of sulfonamides is 1. The van der Waals surface area contributed by atoms with Gasteiger partial charge in [-0.2, -0.15) is 0 Å². The largest absolute Gasteiger partial charge is 0.361 e. The smallest absolute Gasteiger partial charge is 0.227 e. The van der Waals surface area contributed by atoms with Crippen LogP contribution in [0.4, 0.5) is 0 Å². The molecule has 0 aliphatic carbocycles. The molecule has 5 heterocycles. The number of nitrogens with zero attached hydrogens (tertiary/aromatic N) is 6. The third kappa shape index (κ3) is 3.82. The molecule has 2 aliphatic rings. The maximum Gasteiger partial charge on any atom is 0.227 e. The number of likely N-dealkylation sites (tertiary alicyclic amines) is 1. The van der Waals surface area contributed by atoms with Gasteiger partial charge in [-0.3, -0.25) is 9.78 Å². The average Bonchev–Trinajstić information content (AvgIpc) is 3.27. The molecule has 0 unspecified atom stereocenters. The highest BCUT2D eigenvalue weighted by Crippen LogP contribution is 2.34. The molecule has 0 bridgehead atoms. The summed E-state index contributed by atoms with van der Waals surface area (Å²) in [5.74, 6) is 0.795. The predicted octanol–water partition coefficient (Wildman–Crippen LogP) is 1.54. The highest BCUT2D eigenvalue weighted by atomic mass is 32.2. The highest BCUT2D eigenvalue weighted by molar-refractivity contribution is 7.89. The first kappa shape index (κ1) is 22.0. The summed E-state index contributed by atoms with van der Waals surface area (Å²) in [5.41, 5.74) is 4.36. The number of aryl methyl sites for hydroxylation is 3. The molecule has 0 aromatic carbocycles. The van der Waals surface area contributed by atoms with Crippen molar-refractivity contribution in [2.24, 2.45) is 7.05 Å². The number of hydrogen-bond donors (Lipinski definition) is 0. The maximum atomic E-state index is 13.2. The monoisotopic (exact) mass is 472 g/mol. The van der Waals surface area contributed by atoms with Gasteiger partial charge in [-0.15, -0.1) is 0 Å². The van der Waals surface area contributed by atoms with Crippen LogP contribution in [0.15, 0.2) is 23.1 Å².